The van der Waals surface area contributed by atoms with Gasteiger partial charge in [-0.3, -0.25) is 14.6 Å². The van der Waals surface area contributed by atoms with Crippen LogP contribution >= 0.6 is 0 Å². The highest BCUT2D eigenvalue weighted by Crippen LogP contribution is 2.28. The Morgan fingerprint density at radius 2 is 1.96 bits per heavy atom. The Hall–Kier alpha value is -3.20. The number of aryl methyl sites for hydroxylation is 1. The van der Waals surface area contributed by atoms with Gasteiger partial charge >= 0.3 is 0 Å². The van der Waals surface area contributed by atoms with E-state index >= 15 is 0 Å². The van der Waals surface area contributed by atoms with Crippen LogP contribution in [-0.4, -0.2) is 57.8 Å². The lowest BCUT2D eigenvalue weighted by Gasteiger charge is -2.30. The van der Waals surface area contributed by atoms with E-state index in [1.54, 1.807) is 10.9 Å². The summed E-state index contributed by atoms with van der Waals surface area (Å²) in [5.41, 5.74) is 3.66. The molecule has 9 nitrogen and oxygen atoms in total. The molecule has 1 aliphatic heterocycles. The summed E-state index contributed by atoms with van der Waals surface area (Å²) in [5, 5.41) is 21.8. The van der Waals surface area contributed by atoms with E-state index in [-0.39, 0.29) is 0 Å². The Bertz CT molecular complexity index is 1080. The third kappa shape index (κ3) is 3.24. The van der Waals surface area contributed by atoms with Gasteiger partial charge in [-0.2, -0.15) is 9.61 Å². The third-order valence-corrected chi connectivity index (χ3v) is 5.23. The number of aromatic nitrogens is 8. The summed E-state index contributed by atoms with van der Waals surface area (Å²) in [6.07, 6.45) is 7.62. The Balaban J connectivity index is 1.34. The Morgan fingerprint density at radius 1 is 1.07 bits per heavy atom. The zero-order valence-corrected chi connectivity index (χ0v) is 15.7. The summed E-state index contributed by atoms with van der Waals surface area (Å²) in [5.74, 6) is 1.30. The lowest BCUT2D eigenvalue weighted by Crippen LogP contribution is -2.33. The number of piperidine rings is 1. The molecule has 0 saturated carbocycles. The standard InChI is InChI=1S/C19H21N9/c1-26-12-16(21-25-26)13-27-9-6-14(7-10-27)19-23-22-18-5-4-17(24-28(18)19)15-3-2-8-20-11-15/h2-5,8,11-12,14H,6-7,9-10,13H2,1H3. The first kappa shape index (κ1) is 16.9. The molecule has 28 heavy (non-hydrogen) atoms. The molecule has 0 amide bonds. The van der Waals surface area contributed by atoms with Gasteiger partial charge in [0, 0.05) is 43.7 Å². The van der Waals surface area contributed by atoms with E-state index in [1.165, 1.54) is 0 Å². The van der Waals surface area contributed by atoms with E-state index in [0.717, 1.165) is 60.9 Å². The minimum atomic E-state index is 0.352. The molecular weight excluding hydrogens is 354 g/mol. The largest absolute Gasteiger partial charge is 0.297 e. The summed E-state index contributed by atoms with van der Waals surface area (Å²) >= 11 is 0. The number of hydrogen-bond acceptors (Lipinski definition) is 7. The van der Waals surface area contributed by atoms with Crippen molar-refractivity contribution in [2.24, 2.45) is 7.05 Å². The number of rotatable bonds is 4. The van der Waals surface area contributed by atoms with Gasteiger partial charge in [0.1, 0.15) is 0 Å². The maximum absolute atomic E-state index is 4.79. The van der Waals surface area contributed by atoms with Crippen LogP contribution in [-0.2, 0) is 13.6 Å². The van der Waals surface area contributed by atoms with Crippen LogP contribution in [0.15, 0.2) is 42.9 Å². The van der Waals surface area contributed by atoms with Gasteiger partial charge in [0.25, 0.3) is 0 Å². The summed E-state index contributed by atoms with van der Waals surface area (Å²) in [7, 11) is 1.89. The quantitative estimate of drug-likeness (QED) is 0.536. The van der Waals surface area contributed by atoms with Crippen molar-refractivity contribution in [1.29, 1.82) is 0 Å². The van der Waals surface area contributed by atoms with Crippen molar-refractivity contribution in [3.8, 4) is 11.3 Å². The van der Waals surface area contributed by atoms with E-state index in [4.69, 9.17) is 5.10 Å². The molecule has 1 aliphatic rings. The van der Waals surface area contributed by atoms with Gasteiger partial charge in [-0.05, 0) is 50.2 Å². The van der Waals surface area contributed by atoms with Crippen LogP contribution in [0.1, 0.15) is 30.3 Å². The average Bonchev–Trinajstić information content (AvgIpc) is 3.35. The van der Waals surface area contributed by atoms with Crippen molar-refractivity contribution in [2.75, 3.05) is 13.1 Å². The first-order valence-electron chi connectivity index (χ1n) is 9.46. The number of likely N-dealkylation sites (tertiary alicyclic amines) is 1. The highest BCUT2D eigenvalue weighted by Gasteiger charge is 2.25. The monoisotopic (exact) mass is 375 g/mol. The van der Waals surface area contributed by atoms with Gasteiger partial charge in [0.05, 0.1) is 11.4 Å². The second-order valence-corrected chi connectivity index (χ2v) is 7.22. The topological polar surface area (TPSA) is 89.9 Å². The fourth-order valence-electron chi connectivity index (χ4n) is 3.77. The number of nitrogens with zero attached hydrogens (tertiary/aromatic N) is 9. The molecule has 0 N–H and O–H groups in total. The normalized spacial score (nSPS) is 16.0. The minimum absolute atomic E-state index is 0.352. The molecule has 5 rings (SSSR count). The smallest absolute Gasteiger partial charge is 0.177 e. The highest BCUT2D eigenvalue weighted by molar-refractivity contribution is 5.58. The zero-order valence-electron chi connectivity index (χ0n) is 15.7. The van der Waals surface area contributed by atoms with E-state index in [9.17, 15) is 0 Å². The van der Waals surface area contributed by atoms with Crippen LogP contribution in [0.3, 0.4) is 0 Å². The molecule has 1 fully saturated rings. The summed E-state index contributed by atoms with van der Waals surface area (Å²) < 4.78 is 3.64. The fourth-order valence-corrected chi connectivity index (χ4v) is 3.77. The van der Waals surface area contributed by atoms with Crippen LogP contribution in [0.2, 0.25) is 0 Å². The van der Waals surface area contributed by atoms with E-state index < -0.39 is 0 Å². The van der Waals surface area contributed by atoms with Gasteiger partial charge in [0.15, 0.2) is 11.5 Å². The van der Waals surface area contributed by atoms with Crippen LogP contribution < -0.4 is 0 Å². The SMILES string of the molecule is Cn1cc(CN2CCC(c3nnc4ccc(-c5cccnc5)nn34)CC2)nn1. The molecule has 0 spiro atoms. The van der Waals surface area contributed by atoms with Crippen molar-refractivity contribution in [2.45, 2.75) is 25.3 Å². The number of hydrogen-bond donors (Lipinski definition) is 0. The number of pyridine rings is 1. The minimum Gasteiger partial charge on any atom is -0.297 e. The van der Waals surface area contributed by atoms with Crippen LogP contribution in [0.5, 0.6) is 0 Å². The summed E-state index contributed by atoms with van der Waals surface area (Å²) in [6.45, 7) is 2.83. The van der Waals surface area contributed by atoms with Crippen molar-refractivity contribution >= 4 is 5.65 Å². The van der Waals surface area contributed by atoms with Crippen LogP contribution in [0.4, 0.5) is 0 Å². The van der Waals surface area contributed by atoms with Gasteiger partial charge in [0.2, 0.25) is 0 Å². The van der Waals surface area contributed by atoms with Crippen molar-refractivity contribution in [3.63, 3.8) is 0 Å². The first-order valence-corrected chi connectivity index (χ1v) is 9.46. The maximum atomic E-state index is 4.79. The molecule has 4 aromatic heterocycles. The molecule has 9 heteroatoms. The van der Waals surface area contributed by atoms with Crippen molar-refractivity contribution < 1.29 is 0 Å². The molecule has 142 valence electrons. The molecule has 5 heterocycles. The fraction of sp³-hybridized carbons (Fsp3) is 0.368. The maximum Gasteiger partial charge on any atom is 0.177 e. The highest BCUT2D eigenvalue weighted by atomic mass is 15.4. The average molecular weight is 375 g/mol. The van der Waals surface area contributed by atoms with Crippen molar-refractivity contribution in [3.05, 3.63) is 54.4 Å². The third-order valence-electron chi connectivity index (χ3n) is 5.23. The molecule has 0 aromatic carbocycles. The first-order chi connectivity index (χ1) is 13.8. The molecule has 4 aromatic rings. The molecule has 0 radical (unpaired) electrons. The molecule has 1 saturated heterocycles. The Kier molecular flexibility index (Phi) is 4.28. The lowest BCUT2D eigenvalue weighted by molar-refractivity contribution is 0.199. The van der Waals surface area contributed by atoms with Gasteiger partial charge in [-0.15, -0.1) is 15.3 Å². The van der Waals surface area contributed by atoms with Crippen molar-refractivity contribution in [1.82, 2.24) is 44.7 Å². The van der Waals surface area contributed by atoms with Crippen LogP contribution in [0, 0.1) is 0 Å². The van der Waals surface area contributed by atoms with Crippen LogP contribution in [0.25, 0.3) is 16.9 Å². The lowest BCUT2D eigenvalue weighted by atomic mass is 9.96. The van der Waals surface area contributed by atoms with E-state index in [2.05, 4.69) is 30.4 Å². The second kappa shape index (κ2) is 7.08. The zero-order chi connectivity index (χ0) is 18.9. The van der Waals surface area contributed by atoms with E-state index in [0.29, 0.717) is 5.92 Å². The van der Waals surface area contributed by atoms with Gasteiger partial charge in [-0.1, -0.05) is 5.21 Å². The molecule has 0 atom stereocenters. The number of fused-ring (bicyclic) bond motifs is 1. The molecular formula is C19H21N9. The van der Waals surface area contributed by atoms with Gasteiger partial charge < -0.3 is 0 Å². The summed E-state index contributed by atoms with van der Waals surface area (Å²) in [4.78, 5) is 6.60. The molecule has 0 aliphatic carbocycles. The van der Waals surface area contributed by atoms with E-state index in [1.807, 2.05) is 48.2 Å². The Labute approximate surface area is 162 Å². The summed E-state index contributed by atoms with van der Waals surface area (Å²) in [6, 6.07) is 7.86. The molecule has 0 bridgehead atoms. The Morgan fingerprint density at radius 3 is 2.71 bits per heavy atom. The predicted molar refractivity (Wildman–Crippen MR) is 102 cm³/mol. The molecule has 0 unspecified atom stereocenters. The predicted octanol–water partition coefficient (Wildman–Crippen LogP) is 1.69. The second-order valence-electron chi connectivity index (χ2n) is 7.22. The van der Waals surface area contributed by atoms with Gasteiger partial charge in [-0.25, -0.2) is 0 Å².